The molecular weight excluding hydrogens is 259 g/mol. The van der Waals surface area contributed by atoms with Crippen molar-refractivity contribution in [2.75, 3.05) is 0 Å². The van der Waals surface area contributed by atoms with Gasteiger partial charge in [0, 0.05) is 11.1 Å². The van der Waals surface area contributed by atoms with Crippen molar-refractivity contribution in [3.05, 3.63) is 65.0 Å². The van der Waals surface area contributed by atoms with E-state index in [1.54, 1.807) is 12.1 Å². The Morgan fingerprint density at radius 1 is 1.30 bits per heavy atom. The molecule has 0 radical (unpaired) electrons. The van der Waals surface area contributed by atoms with Crippen LogP contribution in [0.25, 0.3) is 0 Å². The van der Waals surface area contributed by atoms with Crippen LogP contribution in [0.15, 0.2) is 47.6 Å². The van der Waals surface area contributed by atoms with E-state index in [0.29, 0.717) is 5.56 Å². The summed E-state index contributed by atoms with van der Waals surface area (Å²) in [5.41, 5.74) is 3.85. The van der Waals surface area contributed by atoms with Gasteiger partial charge in [-0.15, -0.1) is 0 Å². The molecule has 0 aliphatic heterocycles. The minimum Gasteiger partial charge on any atom is -0.507 e. The Balaban J connectivity index is 2.04. The second kappa shape index (κ2) is 5.97. The number of aromatic hydroxyl groups is 1. The number of carbonyl (C=O) groups excluding carboxylic acids is 1. The molecule has 2 rings (SSSR count). The van der Waals surface area contributed by atoms with E-state index < -0.39 is 11.7 Å². The normalized spacial score (nSPS) is 10.7. The van der Waals surface area contributed by atoms with Gasteiger partial charge in [0.1, 0.15) is 11.6 Å². The van der Waals surface area contributed by atoms with Crippen molar-refractivity contribution in [2.24, 2.45) is 5.10 Å². The van der Waals surface area contributed by atoms with Crippen LogP contribution in [-0.4, -0.2) is 17.2 Å². The summed E-state index contributed by atoms with van der Waals surface area (Å²) in [6, 6.07) is 10.4. The SMILES string of the molecule is Cc1ccc(/C=N/NC(=O)c2cccc(F)c2)c(O)c1. The van der Waals surface area contributed by atoms with Gasteiger partial charge in [0.05, 0.1) is 6.21 Å². The third-order valence-corrected chi connectivity index (χ3v) is 2.64. The van der Waals surface area contributed by atoms with Crippen LogP contribution in [0.2, 0.25) is 0 Å². The number of benzene rings is 2. The fourth-order valence-corrected chi connectivity index (χ4v) is 1.62. The molecule has 0 spiro atoms. The minimum atomic E-state index is -0.521. The number of amides is 1. The van der Waals surface area contributed by atoms with Crippen LogP contribution < -0.4 is 5.43 Å². The summed E-state index contributed by atoms with van der Waals surface area (Å²) in [6.07, 6.45) is 1.33. The molecule has 0 saturated heterocycles. The second-order valence-electron chi connectivity index (χ2n) is 4.27. The van der Waals surface area contributed by atoms with E-state index in [9.17, 15) is 14.3 Å². The molecule has 0 heterocycles. The Hall–Kier alpha value is -2.69. The quantitative estimate of drug-likeness (QED) is 0.666. The fraction of sp³-hybridized carbons (Fsp3) is 0.0667. The van der Waals surface area contributed by atoms with E-state index in [1.165, 1.54) is 24.4 Å². The molecule has 102 valence electrons. The van der Waals surface area contributed by atoms with E-state index in [0.717, 1.165) is 11.6 Å². The van der Waals surface area contributed by atoms with Gasteiger partial charge >= 0.3 is 0 Å². The van der Waals surface area contributed by atoms with Gasteiger partial charge in [0.2, 0.25) is 0 Å². The minimum absolute atomic E-state index is 0.0776. The first-order valence-electron chi connectivity index (χ1n) is 5.95. The molecule has 1 amide bonds. The number of phenolic OH excluding ortho intramolecular Hbond substituents is 1. The van der Waals surface area contributed by atoms with Gasteiger partial charge in [-0.3, -0.25) is 4.79 Å². The molecule has 2 N–H and O–H groups in total. The average Bonchev–Trinajstić information content (AvgIpc) is 2.41. The zero-order valence-electron chi connectivity index (χ0n) is 10.8. The third kappa shape index (κ3) is 3.41. The fourth-order valence-electron chi connectivity index (χ4n) is 1.62. The summed E-state index contributed by atoms with van der Waals surface area (Å²) in [7, 11) is 0. The van der Waals surface area contributed by atoms with E-state index in [-0.39, 0.29) is 11.3 Å². The molecule has 0 saturated carbocycles. The van der Waals surface area contributed by atoms with Crippen molar-refractivity contribution in [3.63, 3.8) is 0 Å². The predicted molar refractivity (Wildman–Crippen MR) is 74.3 cm³/mol. The number of carbonyl (C=O) groups is 1. The lowest BCUT2D eigenvalue weighted by Gasteiger charge is -2.01. The van der Waals surface area contributed by atoms with Gasteiger partial charge in [0.25, 0.3) is 5.91 Å². The molecule has 0 aliphatic carbocycles. The lowest BCUT2D eigenvalue weighted by atomic mass is 10.1. The van der Waals surface area contributed by atoms with Crippen molar-refractivity contribution in [3.8, 4) is 5.75 Å². The van der Waals surface area contributed by atoms with Gasteiger partial charge in [0.15, 0.2) is 0 Å². The van der Waals surface area contributed by atoms with E-state index in [1.807, 2.05) is 13.0 Å². The number of rotatable bonds is 3. The van der Waals surface area contributed by atoms with Crippen molar-refractivity contribution in [1.29, 1.82) is 0 Å². The zero-order chi connectivity index (χ0) is 14.5. The maximum absolute atomic E-state index is 13.0. The van der Waals surface area contributed by atoms with Crippen molar-refractivity contribution in [1.82, 2.24) is 5.43 Å². The van der Waals surface area contributed by atoms with E-state index in [4.69, 9.17) is 0 Å². The molecule has 0 atom stereocenters. The van der Waals surface area contributed by atoms with Crippen LogP contribution in [0.3, 0.4) is 0 Å². The standard InChI is InChI=1S/C15H13FN2O2/c1-10-5-6-12(14(19)7-10)9-17-18-15(20)11-3-2-4-13(16)8-11/h2-9,19H,1H3,(H,18,20)/b17-9+. The first kappa shape index (κ1) is 13.7. The average molecular weight is 272 g/mol. The molecular formula is C15H13FN2O2. The molecule has 5 heteroatoms. The number of nitrogens with one attached hydrogen (secondary N) is 1. The molecule has 2 aromatic carbocycles. The molecule has 2 aromatic rings. The Bertz CT molecular complexity index is 669. The smallest absolute Gasteiger partial charge is 0.271 e. The van der Waals surface area contributed by atoms with Crippen LogP contribution in [0.4, 0.5) is 4.39 Å². The Kier molecular flexibility index (Phi) is 4.10. The summed E-state index contributed by atoms with van der Waals surface area (Å²) >= 11 is 0. The molecule has 4 nitrogen and oxygen atoms in total. The Morgan fingerprint density at radius 3 is 2.80 bits per heavy atom. The number of phenols is 1. The summed E-state index contributed by atoms with van der Waals surface area (Å²) in [5.74, 6) is -0.932. The van der Waals surface area contributed by atoms with Crippen molar-refractivity contribution < 1.29 is 14.3 Å². The molecule has 0 aliphatic rings. The van der Waals surface area contributed by atoms with Gasteiger partial charge in [-0.25, -0.2) is 9.82 Å². The lowest BCUT2D eigenvalue weighted by Crippen LogP contribution is -2.17. The Labute approximate surface area is 115 Å². The van der Waals surface area contributed by atoms with Crippen molar-refractivity contribution in [2.45, 2.75) is 6.92 Å². The zero-order valence-corrected chi connectivity index (χ0v) is 10.8. The van der Waals surface area contributed by atoms with Crippen LogP contribution in [-0.2, 0) is 0 Å². The molecule has 20 heavy (non-hydrogen) atoms. The van der Waals surface area contributed by atoms with Crippen LogP contribution >= 0.6 is 0 Å². The molecule has 0 fully saturated rings. The van der Waals surface area contributed by atoms with Crippen LogP contribution in [0.5, 0.6) is 5.75 Å². The molecule has 0 unspecified atom stereocenters. The second-order valence-corrected chi connectivity index (χ2v) is 4.27. The van der Waals surface area contributed by atoms with Gasteiger partial charge < -0.3 is 5.11 Å². The van der Waals surface area contributed by atoms with Crippen LogP contribution in [0, 0.1) is 12.7 Å². The number of hydrogen-bond acceptors (Lipinski definition) is 3. The maximum Gasteiger partial charge on any atom is 0.271 e. The van der Waals surface area contributed by atoms with Gasteiger partial charge in [-0.2, -0.15) is 5.10 Å². The summed E-state index contributed by atoms with van der Waals surface area (Å²) < 4.78 is 13.0. The lowest BCUT2D eigenvalue weighted by molar-refractivity contribution is 0.0954. The third-order valence-electron chi connectivity index (χ3n) is 2.64. The predicted octanol–water partition coefficient (Wildman–Crippen LogP) is 2.60. The first-order valence-corrected chi connectivity index (χ1v) is 5.95. The summed E-state index contributed by atoms with van der Waals surface area (Å²) in [6.45, 7) is 1.85. The van der Waals surface area contributed by atoms with E-state index >= 15 is 0 Å². The Morgan fingerprint density at radius 2 is 2.10 bits per heavy atom. The number of halogens is 1. The molecule has 0 bridgehead atoms. The number of hydrazone groups is 1. The summed E-state index contributed by atoms with van der Waals surface area (Å²) in [5, 5.41) is 13.4. The highest BCUT2D eigenvalue weighted by Crippen LogP contribution is 2.16. The van der Waals surface area contributed by atoms with Gasteiger partial charge in [-0.05, 0) is 42.8 Å². The van der Waals surface area contributed by atoms with E-state index in [2.05, 4.69) is 10.5 Å². The number of aryl methyl sites for hydroxylation is 1. The topological polar surface area (TPSA) is 61.7 Å². The van der Waals surface area contributed by atoms with Gasteiger partial charge in [-0.1, -0.05) is 12.1 Å². The van der Waals surface area contributed by atoms with Crippen LogP contribution in [0.1, 0.15) is 21.5 Å². The summed E-state index contributed by atoms with van der Waals surface area (Å²) in [4.78, 5) is 11.7. The molecule has 0 aromatic heterocycles. The number of hydrogen-bond donors (Lipinski definition) is 2. The largest absolute Gasteiger partial charge is 0.507 e. The highest BCUT2D eigenvalue weighted by atomic mass is 19.1. The highest BCUT2D eigenvalue weighted by Gasteiger charge is 2.04. The number of nitrogens with zero attached hydrogens (tertiary/aromatic N) is 1. The maximum atomic E-state index is 13.0. The monoisotopic (exact) mass is 272 g/mol. The van der Waals surface area contributed by atoms with Crippen molar-refractivity contribution >= 4 is 12.1 Å². The first-order chi connectivity index (χ1) is 9.56. The highest BCUT2D eigenvalue weighted by molar-refractivity contribution is 5.95.